The Morgan fingerprint density at radius 1 is 0.579 bits per heavy atom. The fourth-order valence-electron chi connectivity index (χ4n) is 6.87. The van der Waals surface area contributed by atoms with Gasteiger partial charge in [-0.2, -0.15) is 0 Å². The molecule has 1 amide bonds. The zero-order valence-corrected chi connectivity index (χ0v) is 31.1. The highest BCUT2D eigenvalue weighted by Gasteiger charge is 2.56. The summed E-state index contributed by atoms with van der Waals surface area (Å²) in [5.41, 5.74) is 0. The van der Waals surface area contributed by atoms with Crippen LogP contribution in [0.1, 0.15) is 20.8 Å². The summed E-state index contributed by atoms with van der Waals surface area (Å²) in [5, 5.41) is 160. The Kier molecular flexibility index (Phi) is 17.7. The first-order valence-corrected chi connectivity index (χ1v) is 18.2. The summed E-state index contributed by atoms with van der Waals surface area (Å²) >= 11 is 0. The number of nitrogens with one attached hydrogen (secondary N) is 1. The van der Waals surface area contributed by atoms with Gasteiger partial charge >= 0.3 is 0 Å². The Balaban J connectivity index is 1.79. The summed E-state index contributed by atoms with van der Waals surface area (Å²) in [5.74, 6) is -0.765. The average Bonchev–Trinajstić information content (AvgIpc) is 3.18. The number of hydrogen-bond donors (Lipinski definition) is 16. The molecule has 4 saturated heterocycles. The van der Waals surface area contributed by atoms with Gasteiger partial charge in [-0.1, -0.05) is 0 Å². The predicted octanol–water partition coefficient (Wildman–Crippen LogP) is -10.1. The molecule has 0 aromatic rings. The molecule has 25 nitrogen and oxygen atoms in total. The van der Waals surface area contributed by atoms with Crippen molar-refractivity contribution in [2.24, 2.45) is 0 Å². The van der Waals surface area contributed by atoms with Crippen LogP contribution in [0.2, 0.25) is 0 Å². The second kappa shape index (κ2) is 20.9. The van der Waals surface area contributed by atoms with E-state index in [0.29, 0.717) is 0 Å². The van der Waals surface area contributed by atoms with E-state index in [0.717, 1.165) is 6.92 Å². The van der Waals surface area contributed by atoms with Gasteiger partial charge in [-0.3, -0.25) is 4.79 Å². The van der Waals surface area contributed by atoms with E-state index in [4.69, 9.17) is 37.9 Å². The van der Waals surface area contributed by atoms with Gasteiger partial charge < -0.3 is 120 Å². The number of rotatable bonds is 16. The van der Waals surface area contributed by atoms with Crippen molar-refractivity contribution in [3.63, 3.8) is 0 Å². The van der Waals surface area contributed by atoms with Crippen molar-refractivity contribution in [1.82, 2.24) is 5.32 Å². The first-order chi connectivity index (χ1) is 26.8. The Morgan fingerprint density at radius 2 is 1.09 bits per heavy atom. The number of hydrogen-bond acceptors (Lipinski definition) is 24. The lowest BCUT2D eigenvalue weighted by Gasteiger charge is -2.50. The van der Waals surface area contributed by atoms with Crippen LogP contribution in [-0.4, -0.2) is 256 Å². The fourth-order valence-corrected chi connectivity index (χ4v) is 6.87. The molecular formula is C32H57NO24. The van der Waals surface area contributed by atoms with E-state index in [1.54, 1.807) is 0 Å². The van der Waals surface area contributed by atoms with Gasteiger partial charge in [0, 0.05) is 6.92 Å². The van der Waals surface area contributed by atoms with Crippen LogP contribution >= 0.6 is 0 Å². The standard InChI is InChI=1S/C32H57NO24/c1-8-16(40)22(46)24(48)30(50-8)54-14(7-37)26(18(42)11(39)4-34)55-32-28(57-31-25(49)23(47)17(41)9(2)51-31)27(20(44)13(6-36)53-32)56-29-15(33-10(3)38)21(45)19(43)12(5-35)52-29/h8-9,11-32,34-37,39-49H,4-7H2,1-3H3,(H,33,38)/t8-,9-,11+,12+,13+,14-,15+,16+,17+,18-,19-,20-,21+,22+,23+,24-,25-,26+,27-,28+,29+,30-,31-,32-/m0/s1. The zero-order valence-electron chi connectivity index (χ0n) is 31.1. The fraction of sp³-hybridized carbons (Fsp3) is 0.969. The van der Waals surface area contributed by atoms with Gasteiger partial charge in [0.1, 0.15) is 110 Å². The van der Waals surface area contributed by atoms with Crippen molar-refractivity contribution < 1.29 is 119 Å². The number of carbonyl (C=O) groups excluding carboxylic acids is 1. The van der Waals surface area contributed by atoms with Crippen LogP contribution in [0.5, 0.6) is 0 Å². The lowest BCUT2D eigenvalue weighted by molar-refractivity contribution is -0.396. The molecule has 0 unspecified atom stereocenters. The summed E-state index contributed by atoms with van der Waals surface area (Å²) in [6.45, 7) is -0.511. The number of aliphatic hydroxyl groups excluding tert-OH is 15. The van der Waals surface area contributed by atoms with E-state index < -0.39 is 180 Å². The lowest BCUT2D eigenvalue weighted by Crippen LogP contribution is -2.69. The van der Waals surface area contributed by atoms with E-state index in [-0.39, 0.29) is 0 Å². The molecule has 4 heterocycles. The van der Waals surface area contributed by atoms with Crippen molar-refractivity contribution in [2.75, 3.05) is 26.4 Å². The molecule has 24 atom stereocenters. The Labute approximate surface area is 325 Å². The van der Waals surface area contributed by atoms with E-state index in [1.807, 2.05) is 0 Å². The number of aliphatic hydroxyl groups is 15. The summed E-state index contributed by atoms with van der Waals surface area (Å²) in [7, 11) is 0. The number of carbonyl (C=O) groups is 1. The molecule has 4 fully saturated rings. The molecule has 0 aliphatic carbocycles. The first kappa shape index (κ1) is 48.2. The van der Waals surface area contributed by atoms with Gasteiger partial charge in [0.05, 0.1) is 38.6 Å². The highest BCUT2D eigenvalue weighted by molar-refractivity contribution is 5.73. The molecule has 0 aromatic carbocycles. The Morgan fingerprint density at radius 3 is 1.61 bits per heavy atom. The summed E-state index contributed by atoms with van der Waals surface area (Å²) in [6, 6.07) is -1.63. The first-order valence-electron chi connectivity index (χ1n) is 18.2. The maximum absolute atomic E-state index is 12.1. The van der Waals surface area contributed by atoms with Gasteiger partial charge in [0.15, 0.2) is 25.2 Å². The average molecular weight is 840 g/mol. The second-order valence-electron chi connectivity index (χ2n) is 14.4. The van der Waals surface area contributed by atoms with E-state index in [2.05, 4.69) is 5.32 Å². The molecule has 0 radical (unpaired) electrons. The van der Waals surface area contributed by atoms with Crippen LogP contribution in [0.4, 0.5) is 0 Å². The smallest absolute Gasteiger partial charge is 0.217 e. The molecule has 25 heteroatoms. The molecule has 16 N–H and O–H groups in total. The van der Waals surface area contributed by atoms with Gasteiger partial charge in [0.2, 0.25) is 5.91 Å². The normalized spacial score (nSPS) is 46.5. The molecule has 4 aliphatic heterocycles. The topological polar surface area (TPSA) is 406 Å². The van der Waals surface area contributed by atoms with Crippen molar-refractivity contribution in [2.45, 2.75) is 168 Å². The SMILES string of the molecule is CC(=O)N[C@H]1[C@@H](O[C@H]2[C@@H](O)[C@@H](CO)O[C@@H](O[C@@H]([C@@H](O)[C@H](O)CO)[C@H](CO)O[C@@H]3O[C@@H](C)[C@@H](O)[C@@H](O)[C@@H]3O)[C@@H]2O[C@@H]2O[C@@H](C)[C@@H](O)[C@@H](O)[C@@H]2O)O[C@H](CO)[C@H](O)[C@@H]1O. The third kappa shape index (κ3) is 10.7. The van der Waals surface area contributed by atoms with E-state index >= 15 is 0 Å². The van der Waals surface area contributed by atoms with Gasteiger partial charge in [-0.15, -0.1) is 0 Å². The van der Waals surface area contributed by atoms with Crippen molar-refractivity contribution in [3.8, 4) is 0 Å². The Hall–Kier alpha value is -1.45. The third-order valence-corrected chi connectivity index (χ3v) is 10.3. The largest absolute Gasteiger partial charge is 0.394 e. The molecule has 0 aromatic heterocycles. The minimum atomic E-state index is -2.25. The summed E-state index contributed by atoms with van der Waals surface area (Å²) in [6.07, 6.45) is -42.4. The van der Waals surface area contributed by atoms with Crippen molar-refractivity contribution >= 4 is 5.91 Å². The Bertz CT molecular complexity index is 1240. The number of ether oxygens (including phenoxy) is 8. The van der Waals surface area contributed by atoms with Crippen LogP contribution in [-0.2, 0) is 42.7 Å². The zero-order chi connectivity index (χ0) is 42.6. The van der Waals surface area contributed by atoms with Crippen LogP contribution in [0.3, 0.4) is 0 Å². The molecule has 0 saturated carbocycles. The lowest BCUT2D eigenvalue weighted by atomic mass is 9.95. The molecule has 0 spiro atoms. The number of amides is 1. The van der Waals surface area contributed by atoms with Gasteiger partial charge in [0.25, 0.3) is 0 Å². The van der Waals surface area contributed by atoms with Crippen molar-refractivity contribution in [1.29, 1.82) is 0 Å². The van der Waals surface area contributed by atoms with Crippen molar-refractivity contribution in [3.05, 3.63) is 0 Å². The molecule has 0 bridgehead atoms. The maximum atomic E-state index is 12.1. The molecule has 57 heavy (non-hydrogen) atoms. The van der Waals surface area contributed by atoms with Crippen LogP contribution in [0, 0.1) is 0 Å². The highest BCUT2D eigenvalue weighted by Crippen LogP contribution is 2.35. The highest BCUT2D eigenvalue weighted by atomic mass is 16.8. The van der Waals surface area contributed by atoms with Crippen LogP contribution in [0.15, 0.2) is 0 Å². The second-order valence-corrected chi connectivity index (χ2v) is 14.4. The minimum absolute atomic E-state index is 0.765. The van der Waals surface area contributed by atoms with Gasteiger partial charge in [-0.25, -0.2) is 0 Å². The van der Waals surface area contributed by atoms with Crippen LogP contribution in [0.25, 0.3) is 0 Å². The van der Waals surface area contributed by atoms with Crippen LogP contribution < -0.4 is 5.32 Å². The summed E-state index contributed by atoms with van der Waals surface area (Å²) < 4.78 is 46.2. The molecule has 4 rings (SSSR count). The third-order valence-electron chi connectivity index (χ3n) is 10.3. The molecule has 4 aliphatic rings. The molecule has 334 valence electrons. The molecular weight excluding hydrogens is 782 g/mol. The predicted molar refractivity (Wildman–Crippen MR) is 178 cm³/mol. The van der Waals surface area contributed by atoms with E-state index in [1.165, 1.54) is 13.8 Å². The minimum Gasteiger partial charge on any atom is -0.394 e. The monoisotopic (exact) mass is 839 g/mol. The van der Waals surface area contributed by atoms with Gasteiger partial charge in [-0.05, 0) is 13.8 Å². The van der Waals surface area contributed by atoms with E-state index in [9.17, 15) is 81.4 Å². The quantitative estimate of drug-likeness (QED) is 0.0686. The maximum Gasteiger partial charge on any atom is 0.217 e. The summed E-state index contributed by atoms with van der Waals surface area (Å²) in [4.78, 5) is 12.1.